The molecule has 26 heavy (non-hydrogen) atoms. The minimum atomic E-state index is -3.67. The van der Waals surface area contributed by atoms with Crippen LogP contribution in [0.3, 0.4) is 0 Å². The quantitative estimate of drug-likeness (QED) is 0.604. The van der Waals surface area contributed by atoms with E-state index in [1.165, 1.54) is 12.1 Å². The van der Waals surface area contributed by atoms with E-state index < -0.39 is 10.0 Å². The van der Waals surface area contributed by atoms with Gasteiger partial charge in [-0.3, -0.25) is 4.79 Å². The molecule has 0 atom stereocenters. The van der Waals surface area contributed by atoms with E-state index in [-0.39, 0.29) is 23.8 Å². The molecule has 0 aliphatic rings. The predicted molar refractivity (Wildman–Crippen MR) is 101 cm³/mol. The van der Waals surface area contributed by atoms with Crippen LogP contribution in [-0.4, -0.2) is 34.0 Å². The average molecular weight is 397 g/mol. The number of benzene rings is 2. The lowest BCUT2D eigenvalue weighted by atomic mass is 10.3. The van der Waals surface area contributed by atoms with Crippen molar-refractivity contribution in [1.29, 1.82) is 0 Å². The van der Waals surface area contributed by atoms with Crippen LogP contribution in [0.15, 0.2) is 59.5 Å². The highest BCUT2D eigenvalue weighted by atomic mass is 35.5. The normalized spacial score (nSPS) is 11.1. The summed E-state index contributed by atoms with van der Waals surface area (Å²) in [5.41, 5.74) is 0. The summed E-state index contributed by atoms with van der Waals surface area (Å²) in [7, 11) is -3.67. The average Bonchev–Trinajstić information content (AvgIpc) is 2.62. The van der Waals surface area contributed by atoms with Crippen LogP contribution >= 0.6 is 11.6 Å². The van der Waals surface area contributed by atoms with Crippen LogP contribution in [0.5, 0.6) is 5.75 Å². The molecule has 0 spiro atoms. The van der Waals surface area contributed by atoms with Crippen LogP contribution in [0, 0.1) is 0 Å². The van der Waals surface area contributed by atoms with Crippen molar-refractivity contribution >= 4 is 27.5 Å². The van der Waals surface area contributed by atoms with E-state index in [2.05, 4.69) is 10.0 Å². The van der Waals surface area contributed by atoms with E-state index in [0.29, 0.717) is 24.6 Å². The lowest BCUT2D eigenvalue weighted by Crippen LogP contribution is -2.31. The van der Waals surface area contributed by atoms with Gasteiger partial charge >= 0.3 is 0 Å². The molecule has 0 radical (unpaired) electrons. The standard InChI is InChI=1S/C18H21ClN2O4S/c19-15-6-4-9-17(14-15)26(23,24)21-12-10-18(22)20-11-5-13-25-16-7-2-1-3-8-16/h1-4,6-9,14,21H,5,10-13H2,(H,20,22). The Morgan fingerprint density at radius 1 is 1.04 bits per heavy atom. The molecule has 0 saturated heterocycles. The van der Waals surface area contributed by atoms with E-state index in [1.807, 2.05) is 30.3 Å². The van der Waals surface area contributed by atoms with E-state index in [4.69, 9.17) is 16.3 Å². The topological polar surface area (TPSA) is 84.5 Å². The first-order chi connectivity index (χ1) is 12.5. The third-order valence-electron chi connectivity index (χ3n) is 3.41. The molecule has 140 valence electrons. The molecular weight excluding hydrogens is 376 g/mol. The number of halogens is 1. The Morgan fingerprint density at radius 3 is 2.54 bits per heavy atom. The van der Waals surface area contributed by atoms with Crippen LogP contribution in [0.2, 0.25) is 5.02 Å². The van der Waals surface area contributed by atoms with Gasteiger partial charge < -0.3 is 10.1 Å². The molecule has 1 amide bonds. The zero-order chi connectivity index (χ0) is 18.8. The van der Waals surface area contributed by atoms with Crippen LogP contribution in [0.1, 0.15) is 12.8 Å². The van der Waals surface area contributed by atoms with Crippen LogP contribution in [-0.2, 0) is 14.8 Å². The fourth-order valence-corrected chi connectivity index (χ4v) is 3.44. The van der Waals surface area contributed by atoms with E-state index >= 15 is 0 Å². The zero-order valence-electron chi connectivity index (χ0n) is 14.2. The van der Waals surface area contributed by atoms with Gasteiger partial charge in [-0.25, -0.2) is 13.1 Å². The maximum absolute atomic E-state index is 12.1. The lowest BCUT2D eigenvalue weighted by molar-refractivity contribution is -0.120. The number of amides is 1. The van der Waals surface area contributed by atoms with E-state index in [1.54, 1.807) is 12.1 Å². The molecule has 2 aromatic carbocycles. The van der Waals surface area contributed by atoms with Gasteiger partial charge in [0.15, 0.2) is 0 Å². The van der Waals surface area contributed by atoms with Gasteiger partial charge in [0.2, 0.25) is 15.9 Å². The summed E-state index contributed by atoms with van der Waals surface area (Å²) in [5, 5.41) is 3.07. The number of rotatable bonds is 10. The molecule has 2 N–H and O–H groups in total. The molecule has 0 fully saturated rings. The van der Waals surface area contributed by atoms with Crippen molar-refractivity contribution in [2.75, 3.05) is 19.7 Å². The number of para-hydroxylation sites is 1. The van der Waals surface area contributed by atoms with Crippen LogP contribution in [0.4, 0.5) is 0 Å². The molecule has 0 saturated carbocycles. The summed E-state index contributed by atoms with van der Waals surface area (Å²) in [6.07, 6.45) is 0.716. The van der Waals surface area contributed by atoms with Crippen molar-refractivity contribution in [1.82, 2.24) is 10.0 Å². The molecule has 0 aliphatic heterocycles. The fourth-order valence-electron chi connectivity index (χ4n) is 2.11. The van der Waals surface area contributed by atoms with Gasteiger partial charge in [0, 0.05) is 24.5 Å². The summed E-state index contributed by atoms with van der Waals surface area (Å²) in [5.74, 6) is 0.563. The minimum absolute atomic E-state index is 0.0151. The summed E-state index contributed by atoms with van der Waals surface area (Å²) >= 11 is 5.79. The molecule has 2 aromatic rings. The maximum atomic E-state index is 12.1. The van der Waals surface area contributed by atoms with E-state index in [0.717, 1.165) is 5.75 Å². The first-order valence-electron chi connectivity index (χ1n) is 8.17. The van der Waals surface area contributed by atoms with E-state index in [9.17, 15) is 13.2 Å². The van der Waals surface area contributed by atoms with Crippen LogP contribution < -0.4 is 14.8 Å². The third kappa shape index (κ3) is 7.03. The van der Waals surface area contributed by atoms with Crippen molar-refractivity contribution in [3.8, 4) is 5.75 Å². The molecule has 0 heterocycles. The molecule has 8 heteroatoms. The fraction of sp³-hybridized carbons (Fsp3) is 0.278. The Kier molecular flexibility index (Phi) is 7.90. The van der Waals surface area contributed by atoms with Crippen molar-refractivity contribution in [2.45, 2.75) is 17.7 Å². The van der Waals surface area contributed by atoms with Gasteiger partial charge in [0.1, 0.15) is 5.75 Å². The first kappa shape index (κ1) is 20.2. The Morgan fingerprint density at radius 2 is 1.81 bits per heavy atom. The largest absolute Gasteiger partial charge is 0.494 e. The van der Waals surface area contributed by atoms with Gasteiger partial charge in [0.05, 0.1) is 11.5 Å². The number of hydrogen-bond donors (Lipinski definition) is 2. The van der Waals surface area contributed by atoms with Crippen molar-refractivity contribution in [2.24, 2.45) is 0 Å². The van der Waals surface area contributed by atoms with Gasteiger partial charge in [-0.05, 0) is 36.8 Å². The Hall–Kier alpha value is -2.09. The number of nitrogens with one attached hydrogen (secondary N) is 2. The Bertz CT molecular complexity index is 813. The second kappa shape index (κ2) is 10.2. The van der Waals surface area contributed by atoms with Gasteiger partial charge in [-0.1, -0.05) is 35.9 Å². The molecular formula is C18H21ClN2O4S. The van der Waals surface area contributed by atoms with Crippen molar-refractivity contribution in [3.63, 3.8) is 0 Å². The maximum Gasteiger partial charge on any atom is 0.240 e. The highest BCUT2D eigenvalue weighted by Crippen LogP contribution is 2.15. The third-order valence-corrected chi connectivity index (χ3v) is 5.10. The molecule has 0 unspecified atom stereocenters. The number of hydrogen-bond acceptors (Lipinski definition) is 4. The van der Waals surface area contributed by atoms with Crippen molar-refractivity contribution < 1.29 is 17.9 Å². The summed E-state index contributed by atoms with van der Waals surface area (Å²) in [6, 6.07) is 15.4. The Labute approximate surface area is 158 Å². The second-order valence-electron chi connectivity index (χ2n) is 5.47. The first-order valence-corrected chi connectivity index (χ1v) is 10.0. The second-order valence-corrected chi connectivity index (χ2v) is 7.67. The molecule has 0 aliphatic carbocycles. The number of sulfonamides is 1. The van der Waals surface area contributed by atoms with Gasteiger partial charge in [-0.15, -0.1) is 0 Å². The smallest absolute Gasteiger partial charge is 0.240 e. The Balaban J connectivity index is 1.61. The predicted octanol–water partition coefficient (Wildman–Crippen LogP) is 2.59. The highest BCUT2D eigenvalue weighted by molar-refractivity contribution is 7.89. The molecule has 0 aromatic heterocycles. The molecule has 6 nitrogen and oxygen atoms in total. The monoisotopic (exact) mass is 396 g/mol. The van der Waals surface area contributed by atoms with Gasteiger partial charge in [0.25, 0.3) is 0 Å². The molecule has 0 bridgehead atoms. The summed E-state index contributed by atoms with van der Waals surface area (Å²) in [6.45, 7) is 0.972. The summed E-state index contributed by atoms with van der Waals surface area (Å²) in [4.78, 5) is 11.8. The van der Waals surface area contributed by atoms with Gasteiger partial charge in [-0.2, -0.15) is 0 Å². The van der Waals surface area contributed by atoms with Crippen LogP contribution in [0.25, 0.3) is 0 Å². The zero-order valence-corrected chi connectivity index (χ0v) is 15.7. The lowest BCUT2D eigenvalue weighted by Gasteiger charge is -2.09. The molecule has 2 rings (SSSR count). The summed E-state index contributed by atoms with van der Waals surface area (Å²) < 4.78 is 32.1. The number of ether oxygens (including phenoxy) is 1. The SMILES string of the molecule is O=C(CCNS(=O)(=O)c1cccc(Cl)c1)NCCCOc1ccccc1. The minimum Gasteiger partial charge on any atom is -0.494 e. The number of carbonyl (C=O) groups excluding carboxylic acids is 1. The van der Waals surface area contributed by atoms with Crippen molar-refractivity contribution in [3.05, 3.63) is 59.6 Å². The highest BCUT2D eigenvalue weighted by Gasteiger charge is 2.14. The number of carbonyl (C=O) groups is 1.